The molecule has 0 aromatic heterocycles. The predicted octanol–water partition coefficient (Wildman–Crippen LogP) is 6.49. The van der Waals surface area contributed by atoms with Gasteiger partial charge in [0, 0.05) is 27.7 Å². The molecule has 0 amide bonds. The van der Waals surface area contributed by atoms with Crippen molar-refractivity contribution in [2.45, 2.75) is 77.4 Å². The molecule has 232 valence electrons. The normalized spacial score (nSPS) is 15.2. The highest BCUT2D eigenvalue weighted by molar-refractivity contribution is 6.74. The third kappa shape index (κ3) is 7.97. The summed E-state index contributed by atoms with van der Waals surface area (Å²) in [5.41, 5.74) is 2.96. The van der Waals surface area contributed by atoms with E-state index in [4.69, 9.17) is 18.3 Å². The second-order valence-corrected chi connectivity index (χ2v) is 17.8. The molecule has 8 nitrogen and oxygen atoms in total. The van der Waals surface area contributed by atoms with Crippen molar-refractivity contribution in [1.82, 2.24) is 5.32 Å². The first-order valence-electron chi connectivity index (χ1n) is 14.8. The van der Waals surface area contributed by atoms with Gasteiger partial charge in [0.25, 0.3) is 0 Å². The van der Waals surface area contributed by atoms with Crippen LogP contribution in [-0.4, -0.2) is 50.5 Å². The van der Waals surface area contributed by atoms with Crippen molar-refractivity contribution in [3.8, 4) is 17.2 Å². The first kappa shape index (κ1) is 32.5. The summed E-state index contributed by atoms with van der Waals surface area (Å²) < 4.78 is 24.9. The van der Waals surface area contributed by atoms with Gasteiger partial charge in [0.15, 0.2) is 0 Å². The molecule has 0 fully saturated rings. The summed E-state index contributed by atoms with van der Waals surface area (Å²) in [7, 11) is -2.57. The number of rotatable bonds is 12. The molecule has 0 radical (unpaired) electrons. The second-order valence-electron chi connectivity index (χ2n) is 13.1. The van der Waals surface area contributed by atoms with Crippen molar-refractivity contribution in [3.05, 3.63) is 89.0 Å². The number of carboxylic acids is 1. The first-order chi connectivity index (χ1) is 20.3. The van der Waals surface area contributed by atoms with Crippen LogP contribution in [-0.2, 0) is 24.1 Å². The summed E-state index contributed by atoms with van der Waals surface area (Å²) in [6.07, 6.45) is 0.129. The molecule has 9 heteroatoms. The van der Waals surface area contributed by atoms with Crippen LogP contribution in [0.5, 0.6) is 17.2 Å². The lowest BCUT2D eigenvalue weighted by molar-refractivity contribution is 0.0694. The summed E-state index contributed by atoms with van der Waals surface area (Å²) in [6.45, 7) is 15.1. The highest BCUT2D eigenvalue weighted by Crippen LogP contribution is 2.54. The number of carbonyl (C=O) groups is 1. The van der Waals surface area contributed by atoms with Crippen LogP contribution >= 0.6 is 0 Å². The van der Waals surface area contributed by atoms with Gasteiger partial charge in [-0.1, -0.05) is 71.9 Å². The molecule has 1 aliphatic heterocycles. The average Bonchev–Trinajstić information content (AvgIpc) is 2.96. The van der Waals surface area contributed by atoms with Crippen LogP contribution in [0.3, 0.4) is 0 Å². The minimum atomic E-state index is -2.57. The molecule has 0 bridgehead atoms. The van der Waals surface area contributed by atoms with Crippen LogP contribution in [0.25, 0.3) is 0 Å². The molecule has 0 aliphatic carbocycles. The Morgan fingerprint density at radius 1 is 0.953 bits per heavy atom. The Morgan fingerprint density at radius 2 is 1.63 bits per heavy atom. The van der Waals surface area contributed by atoms with Gasteiger partial charge in [-0.2, -0.15) is 0 Å². The number of hydrogen-bond donors (Lipinski definition) is 3. The van der Waals surface area contributed by atoms with Crippen molar-refractivity contribution >= 4 is 14.5 Å². The molecule has 1 atom stereocenters. The van der Waals surface area contributed by atoms with Gasteiger partial charge < -0.3 is 33.9 Å². The molecule has 0 spiro atoms. The van der Waals surface area contributed by atoms with Gasteiger partial charge in [-0.05, 0) is 54.9 Å². The molecule has 43 heavy (non-hydrogen) atoms. The number of ether oxygens (including phenoxy) is 2. The van der Waals surface area contributed by atoms with Crippen LogP contribution in [0, 0.1) is 0 Å². The molecule has 0 saturated carbocycles. The van der Waals surface area contributed by atoms with Gasteiger partial charge in [0.05, 0.1) is 12.2 Å². The minimum Gasteiger partial charge on any atom is -0.519 e. The molecular formula is C34H45NO7Si. The lowest BCUT2D eigenvalue weighted by Crippen LogP contribution is -2.61. The van der Waals surface area contributed by atoms with Gasteiger partial charge >= 0.3 is 14.5 Å². The van der Waals surface area contributed by atoms with E-state index in [9.17, 15) is 15.0 Å². The molecule has 3 N–H and O–H groups in total. The fraction of sp³-hybridized carbons (Fsp3) is 0.441. The molecule has 4 rings (SSSR count). The third-order valence-corrected chi connectivity index (χ3v) is 12.7. The Hall–Kier alpha value is -3.37. The van der Waals surface area contributed by atoms with E-state index in [1.165, 1.54) is 0 Å². The van der Waals surface area contributed by atoms with Crippen LogP contribution in [0.2, 0.25) is 10.1 Å². The second kappa shape index (κ2) is 13.5. The molecule has 3 aromatic carbocycles. The van der Waals surface area contributed by atoms with Gasteiger partial charge in [-0.25, -0.2) is 4.79 Å². The smallest absolute Gasteiger partial charge is 0.410 e. The minimum absolute atomic E-state index is 0.0921. The standard InChI is InChI=1S/C34H45NO7Si/c1-33(2,3)43(34(4,5)6)41-22-26-19-29(15-16-31(26)42-43)40-23-27(36)20-35-18-17-24-11-13-28(14-12-24)39-21-25-9-7-8-10-30(25)32(37)38/h7-16,19,27,35-36H,17-18,20-23H2,1-6H3,(H,37,38)/t27-/m0/s1. The zero-order valence-electron chi connectivity index (χ0n) is 26.1. The predicted molar refractivity (Wildman–Crippen MR) is 169 cm³/mol. The number of carboxylic acid groups (broad SMARTS) is 1. The Bertz CT molecular complexity index is 1360. The van der Waals surface area contributed by atoms with E-state index in [0.717, 1.165) is 23.3 Å². The summed E-state index contributed by atoms with van der Waals surface area (Å²) in [5, 5.41) is 22.9. The van der Waals surface area contributed by atoms with Gasteiger partial charge in [-0.3, -0.25) is 0 Å². The number of aromatic carboxylic acids is 1. The zero-order valence-corrected chi connectivity index (χ0v) is 27.1. The first-order valence-corrected chi connectivity index (χ1v) is 16.6. The van der Waals surface area contributed by atoms with Crippen molar-refractivity contribution in [2.75, 3.05) is 19.7 Å². The number of aliphatic hydroxyl groups excluding tert-OH is 1. The molecule has 3 aromatic rings. The third-order valence-electron chi connectivity index (χ3n) is 7.67. The van der Waals surface area contributed by atoms with Gasteiger partial charge in [0.2, 0.25) is 0 Å². The summed E-state index contributed by atoms with van der Waals surface area (Å²) in [6, 6.07) is 20.4. The van der Waals surface area contributed by atoms with Crippen molar-refractivity contribution in [2.24, 2.45) is 0 Å². The van der Waals surface area contributed by atoms with Crippen molar-refractivity contribution in [3.63, 3.8) is 0 Å². The maximum Gasteiger partial charge on any atom is 0.410 e. The molecular weight excluding hydrogens is 562 g/mol. The van der Waals surface area contributed by atoms with Crippen LogP contribution < -0.4 is 19.2 Å². The number of fused-ring (bicyclic) bond motifs is 1. The monoisotopic (exact) mass is 607 g/mol. The SMILES string of the molecule is CC(C)(C)[Si]1(C(C)(C)C)OCc2cc(OC[C@@H](O)CNCCc3ccc(OCc4ccccc4C(=O)O)cc3)ccc2O1. The van der Waals surface area contributed by atoms with Crippen molar-refractivity contribution in [1.29, 1.82) is 0 Å². The topological polar surface area (TPSA) is 106 Å². The summed E-state index contributed by atoms with van der Waals surface area (Å²) >= 11 is 0. The zero-order chi connectivity index (χ0) is 31.3. The number of hydrogen-bond acceptors (Lipinski definition) is 7. The van der Waals surface area contributed by atoms with E-state index >= 15 is 0 Å². The number of aliphatic hydroxyl groups is 1. The Kier molecular flexibility index (Phi) is 10.2. The highest BCUT2D eigenvalue weighted by atomic mass is 28.4. The molecule has 1 aliphatic rings. The van der Waals surface area contributed by atoms with E-state index in [-0.39, 0.29) is 28.9 Å². The fourth-order valence-electron chi connectivity index (χ4n) is 5.61. The maximum absolute atomic E-state index is 11.4. The quantitative estimate of drug-likeness (QED) is 0.159. The molecule has 0 unspecified atom stereocenters. The van der Waals surface area contributed by atoms with Crippen LogP contribution in [0.4, 0.5) is 0 Å². The average molecular weight is 608 g/mol. The molecule has 1 heterocycles. The maximum atomic E-state index is 11.4. The molecule has 0 saturated heterocycles. The fourth-order valence-corrected chi connectivity index (χ4v) is 10.3. The van der Waals surface area contributed by atoms with Gasteiger partial charge in [0.1, 0.15) is 36.6 Å². The Morgan fingerprint density at radius 3 is 2.30 bits per heavy atom. The van der Waals surface area contributed by atoms with Crippen molar-refractivity contribution < 1.29 is 33.3 Å². The van der Waals surface area contributed by atoms with E-state index < -0.39 is 20.6 Å². The number of benzene rings is 3. The Labute approximate surface area is 256 Å². The lowest BCUT2D eigenvalue weighted by Gasteiger charge is -2.50. The van der Waals surface area contributed by atoms with E-state index in [1.807, 2.05) is 42.5 Å². The van der Waals surface area contributed by atoms with E-state index in [1.54, 1.807) is 24.3 Å². The largest absolute Gasteiger partial charge is 0.519 e. The van der Waals surface area contributed by atoms with E-state index in [2.05, 4.69) is 46.9 Å². The highest BCUT2D eigenvalue weighted by Gasteiger charge is 2.61. The Balaban J connectivity index is 1.18. The van der Waals surface area contributed by atoms with Crippen LogP contribution in [0.15, 0.2) is 66.7 Å². The number of nitrogens with one attached hydrogen (secondary N) is 1. The summed E-state index contributed by atoms with van der Waals surface area (Å²) in [5.74, 6) is 1.25. The lowest BCUT2D eigenvalue weighted by atomic mass is 10.1. The van der Waals surface area contributed by atoms with E-state index in [0.29, 0.717) is 36.8 Å². The van der Waals surface area contributed by atoms with Gasteiger partial charge in [-0.15, -0.1) is 0 Å². The van der Waals surface area contributed by atoms with Crippen LogP contribution in [0.1, 0.15) is 68.6 Å². The summed E-state index contributed by atoms with van der Waals surface area (Å²) in [4.78, 5) is 11.4.